The summed E-state index contributed by atoms with van der Waals surface area (Å²) in [5.41, 5.74) is -1.12. The van der Waals surface area contributed by atoms with Gasteiger partial charge >= 0.3 is 5.69 Å². The quantitative estimate of drug-likeness (QED) is 0.394. The predicted octanol–water partition coefficient (Wildman–Crippen LogP) is 3.98. The fraction of sp³-hybridized carbons (Fsp3) is 0.455. The molecule has 0 aliphatic heterocycles. The van der Waals surface area contributed by atoms with E-state index in [2.05, 4.69) is 15.9 Å². The number of benzene rings is 1. The van der Waals surface area contributed by atoms with Gasteiger partial charge in [-0.25, -0.2) is 8.42 Å². The van der Waals surface area contributed by atoms with Crippen LogP contribution in [0.4, 0.5) is 5.69 Å². The number of nitrogens with zero attached hydrogens (tertiary/aromatic N) is 1. The summed E-state index contributed by atoms with van der Waals surface area (Å²) in [6.07, 6.45) is 0. The number of ether oxygens (including phenoxy) is 1. The molecule has 0 fully saturated rings. The minimum absolute atomic E-state index is 0.00977. The van der Waals surface area contributed by atoms with Gasteiger partial charge in [0, 0.05) is 27.2 Å². The lowest BCUT2D eigenvalue weighted by Gasteiger charge is -2.23. The minimum atomic E-state index is -3.70. The molecule has 0 saturated carbocycles. The number of nitro groups is 1. The monoisotopic (exact) mass is 419 g/mol. The average Bonchev–Trinajstić information content (AvgIpc) is 2.23. The van der Waals surface area contributed by atoms with E-state index in [-0.39, 0.29) is 28.8 Å². The molecule has 0 N–H and O–H groups in total. The Kier molecular flexibility index (Phi) is 5.88. The molecule has 0 aliphatic rings. The van der Waals surface area contributed by atoms with E-state index in [4.69, 9.17) is 27.0 Å². The maximum absolute atomic E-state index is 11.1. The lowest BCUT2D eigenvalue weighted by atomic mass is 9.98. The molecule has 1 rings (SSSR count). The van der Waals surface area contributed by atoms with Crippen molar-refractivity contribution in [3.63, 3.8) is 0 Å². The number of nitro benzene ring substituents is 1. The molecule has 0 radical (unpaired) electrons. The van der Waals surface area contributed by atoms with Crippen molar-refractivity contribution in [3.8, 4) is 5.75 Å². The molecule has 1 aromatic carbocycles. The Bertz CT molecular complexity index is 663. The van der Waals surface area contributed by atoms with Gasteiger partial charge < -0.3 is 4.74 Å². The maximum atomic E-state index is 11.1. The number of hydrogen-bond acceptors (Lipinski definition) is 5. The molecule has 0 spiro atoms. The molecule has 0 bridgehead atoms. The molecule has 21 heavy (non-hydrogen) atoms. The Labute approximate surface area is 140 Å². The van der Waals surface area contributed by atoms with Crippen LogP contribution < -0.4 is 4.74 Å². The van der Waals surface area contributed by atoms with Gasteiger partial charge in [0.2, 0.25) is 14.8 Å². The smallest absolute Gasteiger partial charge is 0.313 e. The number of halogens is 3. The third-order valence-electron chi connectivity index (χ3n) is 2.36. The molecule has 6 nitrogen and oxygen atoms in total. The van der Waals surface area contributed by atoms with Gasteiger partial charge in [-0.05, 0) is 22.0 Å². The van der Waals surface area contributed by atoms with Crippen LogP contribution in [0.15, 0.2) is 16.6 Å². The van der Waals surface area contributed by atoms with Crippen LogP contribution in [0, 0.1) is 15.5 Å². The highest BCUT2D eigenvalue weighted by Crippen LogP contribution is 2.38. The van der Waals surface area contributed by atoms with Crippen molar-refractivity contribution in [2.45, 2.75) is 13.8 Å². The molecule has 10 heteroatoms. The van der Waals surface area contributed by atoms with Crippen molar-refractivity contribution in [1.82, 2.24) is 0 Å². The summed E-state index contributed by atoms with van der Waals surface area (Å²) >= 11 is 8.89. The topological polar surface area (TPSA) is 86.5 Å². The van der Waals surface area contributed by atoms with Crippen molar-refractivity contribution < 1.29 is 18.1 Å². The lowest BCUT2D eigenvalue weighted by Crippen LogP contribution is -2.28. The predicted molar refractivity (Wildman–Crippen MR) is 84.7 cm³/mol. The average molecular weight is 421 g/mol. The van der Waals surface area contributed by atoms with Crippen molar-refractivity contribution in [2.24, 2.45) is 5.41 Å². The van der Waals surface area contributed by atoms with Crippen LogP contribution in [0.2, 0.25) is 5.02 Å². The Morgan fingerprint density at radius 2 is 2.00 bits per heavy atom. The van der Waals surface area contributed by atoms with Crippen LogP contribution in [0.5, 0.6) is 5.75 Å². The molecule has 0 atom stereocenters. The van der Waals surface area contributed by atoms with E-state index >= 15 is 0 Å². The van der Waals surface area contributed by atoms with Crippen LogP contribution in [-0.2, 0) is 9.05 Å². The third kappa shape index (κ3) is 5.98. The highest BCUT2D eigenvalue weighted by atomic mass is 79.9. The second-order valence-corrected chi connectivity index (χ2v) is 9.20. The van der Waals surface area contributed by atoms with Crippen molar-refractivity contribution in [3.05, 3.63) is 31.7 Å². The summed E-state index contributed by atoms with van der Waals surface area (Å²) in [5.74, 6) is -0.329. The second kappa shape index (κ2) is 6.68. The second-order valence-electron chi connectivity index (χ2n) is 5.13. The zero-order chi connectivity index (χ0) is 16.4. The Morgan fingerprint density at radius 1 is 1.43 bits per heavy atom. The highest BCUT2D eigenvalue weighted by Gasteiger charge is 2.28. The van der Waals surface area contributed by atoms with Crippen LogP contribution in [-0.4, -0.2) is 25.7 Å². The van der Waals surface area contributed by atoms with Gasteiger partial charge in [-0.2, -0.15) is 0 Å². The molecule has 0 aromatic heterocycles. The largest absolute Gasteiger partial charge is 0.485 e. The zero-order valence-corrected chi connectivity index (χ0v) is 15.0. The first-order valence-electron chi connectivity index (χ1n) is 5.60. The zero-order valence-electron chi connectivity index (χ0n) is 11.1. The summed E-state index contributed by atoms with van der Waals surface area (Å²) in [5, 5.41) is 11.2. The van der Waals surface area contributed by atoms with Crippen molar-refractivity contribution >= 4 is 53.0 Å². The fourth-order valence-electron chi connectivity index (χ4n) is 1.60. The summed E-state index contributed by atoms with van der Waals surface area (Å²) in [7, 11) is 1.51. The summed E-state index contributed by atoms with van der Waals surface area (Å²) < 4.78 is 28.0. The fourth-order valence-corrected chi connectivity index (χ4v) is 4.41. The van der Waals surface area contributed by atoms with Crippen molar-refractivity contribution in [1.29, 1.82) is 0 Å². The molecular weight excluding hydrogens is 409 g/mol. The standard InChI is InChI=1S/C11H12BrCl2NO5S/c1-11(2,6-21(14,18)19)5-20-10-8(12)3-7(13)4-9(10)15(16)17/h3-4H,5-6H2,1-2H3. The molecule has 0 unspecified atom stereocenters. The van der Waals surface area contributed by atoms with E-state index in [1.807, 2.05) is 0 Å². The van der Waals surface area contributed by atoms with Crippen LogP contribution in [0.1, 0.15) is 13.8 Å². The molecule has 0 saturated heterocycles. The van der Waals surface area contributed by atoms with Gasteiger partial charge in [0.1, 0.15) is 0 Å². The summed E-state index contributed by atoms with van der Waals surface area (Å²) in [6, 6.07) is 2.61. The van der Waals surface area contributed by atoms with E-state index < -0.39 is 19.4 Å². The summed E-state index contributed by atoms with van der Waals surface area (Å²) in [6.45, 7) is 3.19. The van der Waals surface area contributed by atoms with Crippen LogP contribution in [0.3, 0.4) is 0 Å². The van der Waals surface area contributed by atoms with Gasteiger partial charge in [-0.15, -0.1) is 0 Å². The third-order valence-corrected chi connectivity index (χ3v) is 4.62. The van der Waals surface area contributed by atoms with Gasteiger partial charge in [-0.1, -0.05) is 25.4 Å². The van der Waals surface area contributed by atoms with Crippen LogP contribution in [0.25, 0.3) is 0 Å². The minimum Gasteiger partial charge on any atom is -0.485 e. The van der Waals surface area contributed by atoms with Gasteiger partial charge in [0.25, 0.3) is 0 Å². The van der Waals surface area contributed by atoms with E-state index in [0.717, 1.165) is 6.07 Å². The number of hydrogen-bond donors (Lipinski definition) is 0. The lowest BCUT2D eigenvalue weighted by molar-refractivity contribution is -0.386. The normalized spacial score (nSPS) is 12.2. The Hall–Kier alpha value is -0.570. The first kappa shape index (κ1) is 18.5. The Balaban J connectivity index is 3.01. The van der Waals surface area contributed by atoms with Crippen molar-refractivity contribution in [2.75, 3.05) is 12.4 Å². The molecule has 1 aromatic rings. The van der Waals surface area contributed by atoms with E-state index in [0.29, 0.717) is 4.47 Å². The van der Waals surface area contributed by atoms with Gasteiger partial charge in [-0.3, -0.25) is 10.1 Å². The van der Waals surface area contributed by atoms with E-state index in [9.17, 15) is 18.5 Å². The van der Waals surface area contributed by atoms with Crippen LogP contribution >= 0.6 is 38.2 Å². The SMILES string of the molecule is CC(C)(COc1c(Br)cc(Cl)cc1[N+](=O)[O-])CS(=O)(=O)Cl. The first-order valence-corrected chi connectivity index (χ1v) is 9.25. The molecule has 118 valence electrons. The van der Waals surface area contributed by atoms with Gasteiger partial charge in [0.15, 0.2) is 0 Å². The molecule has 0 heterocycles. The Morgan fingerprint density at radius 3 is 2.48 bits per heavy atom. The number of rotatable bonds is 6. The molecule has 0 aliphatic carbocycles. The molecular formula is C11H12BrCl2NO5S. The molecule has 0 amide bonds. The van der Waals surface area contributed by atoms with Gasteiger partial charge in [0.05, 0.1) is 21.8 Å². The van der Waals surface area contributed by atoms with E-state index in [1.54, 1.807) is 13.8 Å². The first-order chi connectivity index (χ1) is 9.41. The maximum Gasteiger partial charge on any atom is 0.313 e. The summed E-state index contributed by atoms with van der Waals surface area (Å²) in [4.78, 5) is 10.4. The highest BCUT2D eigenvalue weighted by molar-refractivity contribution is 9.10. The van der Waals surface area contributed by atoms with E-state index in [1.165, 1.54) is 6.07 Å².